The SMILES string of the molecule is N#C[C@@H]1CC(=O)N(Cc2ccc(F)cc2)C1. The monoisotopic (exact) mass is 218 g/mol. The molecular weight excluding hydrogens is 207 g/mol. The summed E-state index contributed by atoms with van der Waals surface area (Å²) in [5.74, 6) is -0.491. The van der Waals surface area contributed by atoms with E-state index in [1.165, 1.54) is 12.1 Å². The van der Waals surface area contributed by atoms with E-state index in [-0.39, 0.29) is 17.6 Å². The molecule has 1 aromatic rings. The third kappa shape index (κ3) is 2.19. The Hall–Kier alpha value is -1.89. The number of rotatable bonds is 2. The number of nitrogens with zero attached hydrogens (tertiary/aromatic N) is 2. The molecule has 2 rings (SSSR count). The summed E-state index contributed by atoms with van der Waals surface area (Å²) in [6.07, 6.45) is 0.303. The predicted octanol–water partition coefficient (Wildman–Crippen LogP) is 1.70. The zero-order valence-corrected chi connectivity index (χ0v) is 8.69. The van der Waals surface area contributed by atoms with E-state index in [0.29, 0.717) is 19.5 Å². The Morgan fingerprint density at radius 3 is 2.69 bits per heavy atom. The van der Waals surface area contributed by atoms with Gasteiger partial charge in [-0.25, -0.2) is 4.39 Å². The average molecular weight is 218 g/mol. The van der Waals surface area contributed by atoms with Gasteiger partial charge in [0.25, 0.3) is 0 Å². The zero-order valence-electron chi connectivity index (χ0n) is 8.69. The molecule has 1 atom stereocenters. The summed E-state index contributed by atoms with van der Waals surface area (Å²) < 4.78 is 12.7. The minimum Gasteiger partial charge on any atom is -0.337 e. The number of carbonyl (C=O) groups excluding carboxylic acids is 1. The molecule has 16 heavy (non-hydrogen) atoms. The van der Waals surface area contributed by atoms with Crippen molar-refractivity contribution in [2.75, 3.05) is 6.54 Å². The van der Waals surface area contributed by atoms with Gasteiger partial charge in [-0.15, -0.1) is 0 Å². The van der Waals surface area contributed by atoms with Crippen molar-refractivity contribution in [3.63, 3.8) is 0 Å². The van der Waals surface area contributed by atoms with Gasteiger partial charge >= 0.3 is 0 Å². The van der Waals surface area contributed by atoms with Crippen LogP contribution in [0.15, 0.2) is 24.3 Å². The van der Waals surface area contributed by atoms with Crippen molar-refractivity contribution < 1.29 is 9.18 Å². The summed E-state index contributed by atoms with van der Waals surface area (Å²) in [4.78, 5) is 13.2. The predicted molar refractivity (Wildman–Crippen MR) is 55.5 cm³/mol. The molecule has 0 spiro atoms. The second kappa shape index (κ2) is 4.31. The van der Waals surface area contributed by atoms with Crippen molar-refractivity contribution in [3.8, 4) is 6.07 Å². The third-order valence-electron chi connectivity index (χ3n) is 2.68. The number of amides is 1. The Labute approximate surface area is 93.1 Å². The molecule has 1 amide bonds. The van der Waals surface area contributed by atoms with Crippen LogP contribution in [0.25, 0.3) is 0 Å². The van der Waals surface area contributed by atoms with Gasteiger partial charge < -0.3 is 4.90 Å². The minimum atomic E-state index is -0.286. The molecule has 0 aliphatic carbocycles. The first-order chi connectivity index (χ1) is 7.69. The number of benzene rings is 1. The van der Waals surface area contributed by atoms with Crippen LogP contribution < -0.4 is 0 Å². The lowest BCUT2D eigenvalue weighted by Crippen LogP contribution is -2.24. The van der Waals surface area contributed by atoms with E-state index in [2.05, 4.69) is 6.07 Å². The Morgan fingerprint density at radius 2 is 2.12 bits per heavy atom. The van der Waals surface area contributed by atoms with E-state index in [0.717, 1.165) is 5.56 Å². The van der Waals surface area contributed by atoms with Crippen molar-refractivity contribution in [1.82, 2.24) is 4.90 Å². The second-order valence-corrected chi connectivity index (χ2v) is 3.93. The molecule has 4 heteroatoms. The van der Waals surface area contributed by atoms with Crippen LogP contribution in [0, 0.1) is 23.1 Å². The fourth-order valence-corrected chi connectivity index (χ4v) is 1.82. The summed E-state index contributed by atoms with van der Waals surface area (Å²) >= 11 is 0. The molecule has 1 aliphatic rings. The molecule has 1 aliphatic heterocycles. The van der Waals surface area contributed by atoms with Crippen molar-refractivity contribution in [1.29, 1.82) is 5.26 Å². The molecule has 0 aromatic heterocycles. The normalized spacial score (nSPS) is 19.9. The second-order valence-electron chi connectivity index (χ2n) is 3.93. The van der Waals surface area contributed by atoms with Crippen molar-refractivity contribution in [3.05, 3.63) is 35.6 Å². The van der Waals surface area contributed by atoms with Crippen LogP contribution in [-0.4, -0.2) is 17.4 Å². The smallest absolute Gasteiger partial charge is 0.224 e. The van der Waals surface area contributed by atoms with Crippen LogP contribution in [-0.2, 0) is 11.3 Å². The molecular formula is C12H11FN2O. The van der Waals surface area contributed by atoms with Gasteiger partial charge in [0.1, 0.15) is 5.82 Å². The number of likely N-dealkylation sites (tertiary alicyclic amines) is 1. The van der Waals surface area contributed by atoms with Gasteiger partial charge in [0.05, 0.1) is 12.0 Å². The molecule has 0 radical (unpaired) electrons. The van der Waals surface area contributed by atoms with Crippen molar-refractivity contribution in [2.24, 2.45) is 5.92 Å². The third-order valence-corrected chi connectivity index (χ3v) is 2.68. The van der Waals surface area contributed by atoms with Crippen LogP contribution in [0.2, 0.25) is 0 Å². The van der Waals surface area contributed by atoms with Crippen molar-refractivity contribution >= 4 is 5.91 Å². The fourth-order valence-electron chi connectivity index (χ4n) is 1.82. The number of hydrogen-bond donors (Lipinski definition) is 0. The highest BCUT2D eigenvalue weighted by molar-refractivity contribution is 5.79. The van der Waals surface area contributed by atoms with Gasteiger partial charge in [-0.3, -0.25) is 4.79 Å². The lowest BCUT2D eigenvalue weighted by atomic mass is 10.1. The summed E-state index contributed by atoms with van der Waals surface area (Å²) in [5.41, 5.74) is 0.883. The maximum atomic E-state index is 12.7. The number of nitriles is 1. The summed E-state index contributed by atoms with van der Waals surface area (Å²) in [6, 6.07) is 8.15. The first kappa shape index (κ1) is 10.6. The zero-order chi connectivity index (χ0) is 11.5. The average Bonchev–Trinajstić information content (AvgIpc) is 2.63. The summed E-state index contributed by atoms with van der Waals surface area (Å²) in [7, 11) is 0. The highest BCUT2D eigenvalue weighted by Crippen LogP contribution is 2.19. The van der Waals surface area contributed by atoms with E-state index in [1.54, 1.807) is 17.0 Å². The summed E-state index contributed by atoms with van der Waals surface area (Å²) in [6.45, 7) is 0.935. The summed E-state index contributed by atoms with van der Waals surface area (Å²) in [5, 5.41) is 8.73. The van der Waals surface area contributed by atoms with Gasteiger partial charge in [-0.1, -0.05) is 12.1 Å². The maximum Gasteiger partial charge on any atom is 0.224 e. The fraction of sp³-hybridized carbons (Fsp3) is 0.333. The van der Waals surface area contributed by atoms with E-state index in [1.807, 2.05) is 0 Å². The molecule has 0 saturated carbocycles. The molecule has 1 heterocycles. The van der Waals surface area contributed by atoms with E-state index in [9.17, 15) is 9.18 Å². The van der Waals surface area contributed by atoms with Crippen LogP contribution in [0.1, 0.15) is 12.0 Å². The Morgan fingerprint density at radius 1 is 1.44 bits per heavy atom. The van der Waals surface area contributed by atoms with Gasteiger partial charge in [0.2, 0.25) is 5.91 Å². The Balaban J connectivity index is 2.03. The maximum absolute atomic E-state index is 12.7. The first-order valence-electron chi connectivity index (χ1n) is 5.11. The minimum absolute atomic E-state index is 0.00382. The molecule has 0 bridgehead atoms. The van der Waals surface area contributed by atoms with Crippen LogP contribution >= 0.6 is 0 Å². The highest BCUT2D eigenvalue weighted by Gasteiger charge is 2.29. The Kier molecular flexibility index (Phi) is 2.86. The van der Waals surface area contributed by atoms with Gasteiger partial charge in [0.15, 0.2) is 0 Å². The molecule has 82 valence electrons. The quantitative estimate of drug-likeness (QED) is 0.758. The van der Waals surface area contributed by atoms with Crippen LogP contribution in [0.4, 0.5) is 4.39 Å². The van der Waals surface area contributed by atoms with Crippen LogP contribution in [0.3, 0.4) is 0 Å². The molecule has 0 N–H and O–H groups in total. The van der Waals surface area contributed by atoms with Crippen molar-refractivity contribution in [2.45, 2.75) is 13.0 Å². The van der Waals surface area contributed by atoms with E-state index < -0.39 is 0 Å². The number of hydrogen-bond acceptors (Lipinski definition) is 2. The van der Waals surface area contributed by atoms with E-state index in [4.69, 9.17) is 5.26 Å². The topological polar surface area (TPSA) is 44.1 Å². The standard InChI is InChI=1S/C12H11FN2O/c13-11-3-1-9(2-4-11)7-15-8-10(6-14)5-12(15)16/h1-4,10H,5,7-8H2/t10-/m0/s1. The lowest BCUT2D eigenvalue weighted by molar-refractivity contribution is -0.128. The molecule has 0 unspecified atom stereocenters. The number of carbonyl (C=O) groups is 1. The Bertz CT molecular complexity index is 435. The molecule has 1 fully saturated rings. The first-order valence-corrected chi connectivity index (χ1v) is 5.11. The van der Waals surface area contributed by atoms with Gasteiger partial charge in [-0.05, 0) is 17.7 Å². The largest absolute Gasteiger partial charge is 0.337 e. The lowest BCUT2D eigenvalue weighted by Gasteiger charge is -2.15. The molecule has 1 aromatic carbocycles. The van der Waals surface area contributed by atoms with Gasteiger partial charge in [-0.2, -0.15) is 5.26 Å². The van der Waals surface area contributed by atoms with Crippen LogP contribution in [0.5, 0.6) is 0 Å². The number of halogens is 1. The molecule has 3 nitrogen and oxygen atoms in total. The highest BCUT2D eigenvalue weighted by atomic mass is 19.1. The van der Waals surface area contributed by atoms with E-state index >= 15 is 0 Å². The van der Waals surface area contributed by atoms with Gasteiger partial charge in [0, 0.05) is 19.5 Å². The molecule has 1 saturated heterocycles.